The molecule has 1 fully saturated rings. The molecule has 0 aliphatic heterocycles. The number of hydrogen-bond acceptors (Lipinski definition) is 2. The lowest BCUT2D eigenvalue weighted by atomic mass is 9.84. The van der Waals surface area contributed by atoms with Crippen molar-refractivity contribution in [2.24, 2.45) is 17.8 Å². The number of fused-ring (bicyclic) bond motifs is 6. The summed E-state index contributed by atoms with van der Waals surface area (Å²) in [7, 11) is 1.75. The molecule has 0 saturated heterocycles. The molecule has 4 atom stereocenters. The first-order valence-corrected chi connectivity index (χ1v) is 8.18. The third kappa shape index (κ3) is 1.46. The van der Waals surface area contributed by atoms with Crippen LogP contribution in [-0.2, 0) is 11.2 Å². The number of benzene rings is 1. The van der Waals surface area contributed by atoms with Crippen LogP contribution < -0.4 is 4.74 Å². The van der Waals surface area contributed by atoms with Crippen molar-refractivity contribution in [1.82, 2.24) is 0 Å². The van der Waals surface area contributed by atoms with Crippen LogP contribution in [0.25, 0.3) is 0 Å². The maximum absolute atomic E-state index is 12.0. The van der Waals surface area contributed by atoms with E-state index in [9.17, 15) is 4.79 Å². The lowest BCUT2D eigenvalue weighted by Gasteiger charge is -2.20. The van der Waals surface area contributed by atoms with Crippen LogP contribution in [0.3, 0.4) is 0 Å². The Morgan fingerprint density at radius 1 is 1.19 bits per heavy atom. The highest BCUT2D eigenvalue weighted by Gasteiger charge is 2.53. The number of Topliss-reactive ketones (excluding diaryl/α,β-unsaturated/α-hetero) is 1. The molecule has 0 amide bonds. The summed E-state index contributed by atoms with van der Waals surface area (Å²) in [6, 6.07) is 6.61. The van der Waals surface area contributed by atoms with E-state index in [1.165, 1.54) is 29.5 Å². The van der Waals surface area contributed by atoms with Gasteiger partial charge in [-0.2, -0.15) is 0 Å². The maximum atomic E-state index is 12.0. The van der Waals surface area contributed by atoms with E-state index in [1.807, 2.05) is 0 Å². The molecule has 1 aromatic rings. The molecule has 4 aliphatic rings. The molecule has 5 rings (SSSR count). The van der Waals surface area contributed by atoms with Crippen LogP contribution in [0.15, 0.2) is 29.3 Å². The van der Waals surface area contributed by atoms with E-state index in [0.717, 1.165) is 36.8 Å². The van der Waals surface area contributed by atoms with Crippen molar-refractivity contribution < 1.29 is 9.53 Å². The van der Waals surface area contributed by atoms with Gasteiger partial charge in [-0.15, -0.1) is 0 Å². The van der Waals surface area contributed by atoms with E-state index in [1.54, 1.807) is 12.7 Å². The quantitative estimate of drug-likeness (QED) is 0.785. The number of carbonyl (C=O) groups is 1. The molecular weight excluding hydrogens is 260 g/mol. The van der Waals surface area contributed by atoms with Crippen LogP contribution in [0.4, 0.5) is 0 Å². The molecular formula is C19H20O2. The van der Waals surface area contributed by atoms with Crippen LogP contribution in [0, 0.1) is 17.8 Å². The summed E-state index contributed by atoms with van der Waals surface area (Å²) >= 11 is 0. The van der Waals surface area contributed by atoms with E-state index in [-0.39, 0.29) is 0 Å². The van der Waals surface area contributed by atoms with Gasteiger partial charge in [0.25, 0.3) is 0 Å². The molecule has 0 radical (unpaired) electrons. The summed E-state index contributed by atoms with van der Waals surface area (Å²) in [5, 5.41) is 0. The van der Waals surface area contributed by atoms with Crippen LogP contribution in [-0.4, -0.2) is 12.9 Å². The lowest BCUT2D eigenvalue weighted by molar-refractivity contribution is -0.115. The second kappa shape index (κ2) is 4.00. The van der Waals surface area contributed by atoms with Gasteiger partial charge < -0.3 is 4.74 Å². The molecule has 0 bridgehead atoms. The second-order valence-corrected chi connectivity index (χ2v) is 7.19. The lowest BCUT2D eigenvalue weighted by Crippen LogP contribution is -2.14. The zero-order valence-electron chi connectivity index (χ0n) is 12.4. The van der Waals surface area contributed by atoms with Crippen molar-refractivity contribution in [3.05, 3.63) is 40.5 Å². The van der Waals surface area contributed by atoms with Crippen molar-refractivity contribution in [3.8, 4) is 5.75 Å². The predicted molar refractivity (Wildman–Crippen MR) is 80.4 cm³/mol. The summed E-state index contributed by atoms with van der Waals surface area (Å²) < 4.78 is 5.41. The molecule has 0 spiro atoms. The van der Waals surface area contributed by atoms with Gasteiger partial charge >= 0.3 is 0 Å². The SMILES string of the molecule is COc1ccc2c(c1)[C@H]1C[C@H]3CC4=C(CCC4=O)[C@H]3[C@H]1C2. The second-order valence-electron chi connectivity index (χ2n) is 7.19. The molecule has 108 valence electrons. The number of carbonyl (C=O) groups excluding carboxylic acids is 1. The minimum Gasteiger partial charge on any atom is -0.497 e. The zero-order chi connectivity index (χ0) is 14.1. The number of ketones is 1. The first-order valence-electron chi connectivity index (χ1n) is 8.18. The van der Waals surface area contributed by atoms with Crippen molar-refractivity contribution in [2.75, 3.05) is 7.11 Å². The standard InChI is InChI=1S/C19H20O2/c1-21-12-3-2-10-6-17-15(14(10)9-12)7-11-8-16-13(19(11)17)4-5-18(16)20/h2-3,9,11,15,17,19H,4-8H2,1H3/t11-,15+,17-,19-/m0/s1. The molecule has 2 heteroatoms. The summed E-state index contributed by atoms with van der Waals surface area (Å²) in [5.74, 6) is 4.34. The number of rotatable bonds is 1. The number of hydrogen-bond donors (Lipinski definition) is 0. The Morgan fingerprint density at radius 3 is 2.95 bits per heavy atom. The summed E-state index contributed by atoms with van der Waals surface area (Å²) in [4.78, 5) is 12.0. The van der Waals surface area contributed by atoms with Crippen LogP contribution >= 0.6 is 0 Å². The average molecular weight is 280 g/mol. The molecule has 2 nitrogen and oxygen atoms in total. The molecule has 0 heterocycles. The summed E-state index contributed by atoms with van der Waals surface area (Å²) in [5.41, 5.74) is 5.83. The highest BCUT2D eigenvalue weighted by atomic mass is 16.5. The van der Waals surface area contributed by atoms with E-state index in [0.29, 0.717) is 17.6 Å². The van der Waals surface area contributed by atoms with Crippen molar-refractivity contribution >= 4 is 5.78 Å². The van der Waals surface area contributed by atoms with Gasteiger partial charge in [-0.25, -0.2) is 0 Å². The third-order valence-corrected chi connectivity index (χ3v) is 6.47. The molecule has 1 aromatic carbocycles. The third-order valence-electron chi connectivity index (χ3n) is 6.47. The zero-order valence-corrected chi connectivity index (χ0v) is 12.4. The van der Waals surface area contributed by atoms with Crippen LogP contribution in [0.5, 0.6) is 5.75 Å². The summed E-state index contributed by atoms with van der Waals surface area (Å²) in [6.45, 7) is 0. The van der Waals surface area contributed by atoms with Crippen molar-refractivity contribution in [2.45, 2.75) is 38.0 Å². The molecule has 0 unspecified atom stereocenters. The first kappa shape index (κ1) is 12.0. The number of allylic oxidation sites excluding steroid dienone is 2. The van der Waals surface area contributed by atoms with Gasteiger partial charge in [0.15, 0.2) is 5.78 Å². The molecule has 1 saturated carbocycles. The minimum absolute atomic E-state index is 0.452. The number of ether oxygens (including phenoxy) is 1. The summed E-state index contributed by atoms with van der Waals surface area (Å²) in [6.07, 6.45) is 5.39. The van der Waals surface area contributed by atoms with E-state index in [4.69, 9.17) is 4.74 Å². The van der Waals surface area contributed by atoms with Gasteiger partial charge in [0.1, 0.15) is 5.75 Å². The number of methoxy groups -OCH3 is 1. The highest BCUT2D eigenvalue weighted by molar-refractivity contribution is 5.99. The van der Waals surface area contributed by atoms with Gasteiger partial charge in [0.05, 0.1) is 7.11 Å². The van der Waals surface area contributed by atoms with Gasteiger partial charge in [0, 0.05) is 6.42 Å². The Balaban J connectivity index is 1.54. The predicted octanol–water partition coefficient (Wildman–Crippen LogP) is 3.65. The Kier molecular flexibility index (Phi) is 2.29. The Labute approximate surface area is 125 Å². The fraction of sp³-hybridized carbons (Fsp3) is 0.526. The van der Waals surface area contributed by atoms with Crippen LogP contribution in [0.1, 0.15) is 42.7 Å². The van der Waals surface area contributed by atoms with Crippen LogP contribution in [0.2, 0.25) is 0 Å². The largest absolute Gasteiger partial charge is 0.497 e. The van der Waals surface area contributed by atoms with E-state index < -0.39 is 0 Å². The van der Waals surface area contributed by atoms with Crippen molar-refractivity contribution in [3.63, 3.8) is 0 Å². The Bertz CT molecular complexity index is 685. The Hall–Kier alpha value is -1.57. The minimum atomic E-state index is 0.452. The maximum Gasteiger partial charge on any atom is 0.159 e. The topological polar surface area (TPSA) is 26.3 Å². The molecule has 0 aromatic heterocycles. The molecule has 21 heavy (non-hydrogen) atoms. The average Bonchev–Trinajstić information content (AvgIpc) is 3.18. The van der Waals surface area contributed by atoms with E-state index in [2.05, 4.69) is 18.2 Å². The molecule has 4 aliphatic carbocycles. The van der Waals surface area contributed by atoms with Crippen molar-refractivity contribution in [1.29, 1.82) is 0 Å². The fourth-order valence-electron chi connectivity index (χ4n) is 5.72. The van der Waals surface area contributed by atoms with E-state index >= 15 is 0 Å². The first-order chi connectivity index (χ1) is 10.3. The van der Waals surface area contributed by atoms with Gasteiger partial charge in [-0.05, 0) is 78.2 Å². The normalized spacial score (nSPS) is 35.8. The smallest absolute Gasteiger partial charge is 0.159 e. The van der Waals surface area contributed by atoms with Gasteiger partial charge in [-0.3, -0.25) is 4.79 Å². The Morgan fingerprint density at radius 2 is 2.10 bits per heavy atom. The molecule has 0 N–H and O–H groups in total. The fourth-order valence-corrected chi connectivity index (χ4v) is 5.72. The highest BCUT2D eigenvalue weighted by Crippen LogP contribution is 2.62. The van der Waals surface area contributed by atoms with Gasteiger partial charge in [-0.1, -0.05) is 11.6 Å². The monoisotopic (exact) mass is 280 g/mol. The van der Waals surface area contributed by atoms with Gasteiger partial charge in [0.2, 0.25) is 0 Å².